The van der Waals surface area contributed by atoms with E-state index < -0.39 is 17.5 Å². The second-order valence-corrected chi connectivity index (χ2v) is 16.7. The Bertz CT molecular complexity index is 924. The Hall–Kier alpha value is -1.93. The minimum absolute atomic E-state index is 0.0239. The van der Waals surface area contributed by atoms with Crippen LogP contribution in [-0.4, -0.2) is 39.7 Å². The van der Waals surface area contributed by atoms with Crippen molar-refractivity contribution in [2.24, 2.45) is 9.27 Å². The maximum absolute atomic E-state index is 5.13. The Labute approximate surface area is 211 Å². The summed E-state index contributed by atoms with van der Waals surface area (Å²) in [5, 5.41) is 2.58. The van der Waals surface area contributed by atoms with Crippen LogP contribution in [0.2, 0.25) is 0 Å². The van der Waals surface area contributed by atoms with E-state index in [1.807, 2.05) is 0 Å². The van der Waals surface area contributed by atoms with Gasteiger partial charge in [-0.1, -0.05) is 48.5 Å². The zero-order chi connectivity index (χ0) is 25.9. The standard InChI is InChI=1S/C28H46N4Si2/c1-25(2,3)29-33(30-26(4,5)6)23-17-13-21(14-18-23)22-15-19-24(20-16-22)34(31-27(7,8)9)32-28(10,11)12/h13-20,29,31H,1-12H3. The number of nitrogens with one attached hydrogen (secondary N) is 2. The Kier molecular flexibility index (Phi) is 8.63. The van der Waals surface area contributed by atoms with Gasteiger partial charge in [-0.2, -0.15) is 0 Å². The third kappa shape index (κ3) is 10.1. The molecule has 0 aliphatic heterocycles. The molecule has 0 aliphatic carbocycles. The average Bonchev–Trinajstić information content (AvgIpc) is 2.63. The van der Waals surface area contributed by atoms with Crippen molar-refractivity contribution in [2.45, 2.75) is 105 Å². The van der Waals surface area contributed by atoms with Crippen molar-refractivity contribution in [3.8, 4) is 11.1 Å². The van der Waals surface area contributed by atoms with Gasteiger partial charge in [-0.15, -0.1) is 0 Å². The van der Waals surface area contributed by atoms with Gasteiger partial charge < -0.3 is 19.2 Å². The molecule has 0 radical (unpaired) electrons. The molecule has 0 atom stereocenters. The molecule has 4 nitrogen and oxygen atoms in total. The molecule has 0 unspecified atom stereocenters. The van der Waals surface area contributed by atoms with Gasteiger partial charge in [0, 0.05) is 22.2 Å². The fraction of sp³-hybridized carbons (Fsp3) is 0.571. The van der Waals surface area contributed by atoms with Crippen LogP contribution >= 0.6 is 0 Å². The van der Waals surface area contributed by atoms with Crippen LogP contribution in [0, 0.1) is 0 Å². The summed E-state index contributed by atoms with van der Waals surface area (Å²) < 4.78 is 10.3. The molecule has 2 N–H and O–H groups in total. The van der Waals surface area contributed by atoms with Gasteiger partial charge in [0.05, 0.1) is 0 Å². The van der Waals surface area contributed by atoms with Crippen molar-refractivity contribution in [1.29, 1.82) is 0 Å². The molecule has 0 saturated carbocycles. The SMILES string of the molecule is CC(C)(C)N=[Si](NC(C)(C)C)c1ccc(-c2ccc([Si](=NC(C)(C)C)NC(C)(C)C)cc2)cc1. The highest BCUT2D eigenvalue weighted by Gasteiger charge is 2.20. The maximum atomic E-state index is 5.13. The summed E-state index contributed by atoms with van der Waals surface area (Å²) in [4.78, 5) is 7.53. The van der Waals surface area contributed by atoms with E-state index >= 15 is 0 Å². The summed E-state index contributed by atoms with van der Waals surface area (Å²) in [6.07, 6.45) is 0. The molecular formula is C28H46N4Si2. The zero-order valence-electron chi connectivity index (χ0n) is 23.5. The molecule has 2 aromatic carbocycles. The fourth-order valence-electron chi connectivity index (χ4n) is 3.35. The summed E-state index contributed by atoms with van der Waals surface area (Å²) in [6, 6.07) is 17.9. The second kappa shape index (κ2) is 10.4. The predicted molar refractivity (Wildman–Crippen MR) is 153 cm³/mol. The van der Waals surface area contributed by atoms with Crippen LogP contribution in [0.25, 0.3) is 11.1 Å². The van der Waals surface area contributed by atoms with E-state index in [0.29, 0.717) is 0 Å². The molecule has 34 heavy (non-hydrogen) atoms. The number of hydrogen-bond acceptors (Lipinski definition) is 2. The minimum Gasteiger partial charge on any atom is -0.399 e. The number of rotatable bonds is 5. The van der Waals surface area contributed by atoms with Gasteiger partial charge in [-0.05, 0) is 105 Å². The highest BCUT2D eigenvalue weighted by atomic mass is 28.3. The van der Waals surface area contributed by atoms with Crippen LogP contribution in [0.5, 0.6) is 0 Å². The Morgan fingerprint density at radius 2 is 0.735 bits per heavy atom. The summed E-state index contributed by atoms with van der Waals surface area (Å²) in [5.74, 6) is 0. The first-order valence-corrected chi connectivity index (χ1v) is 15.2. The quantitative estimate of drug-likeness (QED) is 0.527. The Morgan fingerprint density at radius 1 is 0.471 bits per heavy atom. The van der Waals surface area contributed by atoms with E-state index in [-0.39, 0.29) is 22.2 Å². The monoisotopic (exact) mass is 494 g/mol. The number of benzene rings is 2. The minimum atomic E-state index is -1.23. The lowest BCUT2D eigenvalue weighted by atomic mass is 10.1. The van der Waals surface area contributed by atoms with Crippen LogP contribution in [0.4, 0.5) is 0 Å². The van der Waals surface area contributed by atoms with Crippen LogP contribution < -0.4 is 20.3 Å². The first-order chi connectivity index (χ1) is 15.3. The molecule has 0 amide bonds. The second-order valence-electron chi connectivity index (χ2n) is 13.2. The van der Waals surface area contributed by atoms with Gasteiger partial charge in [0.25, 0.3) is 17.5 Å². The normalized spacial score (nSPS) is 14.2. The van der Waals surface area contributed by atoms with Crippen molar-refractivity contribution in [3.05, 3.63) is 48.5 Å². The lowest BCUT2D eigenvalue weighted by Crippen LogP contribution is -2.49. The van der Waals surface area contributed by atoms with Crippen molar-refractivity contribution in [3.63, 3.8) is 0 Å². The molecule has 2 rings (SSSR count). The average molecular weight is 495 g/mol. The highest BCUT2D eigenvalue weighted by molar-refractivity contribution is 6.61. The molecule has 0 bridgehead atoms. The zero-order valence-corrected chi connectivity index (χ0v) is 25.5. The van der Waals surface area contributed by atoms with Gasteiger partial charge in [0.15, 0.2) is 0 Å². The van der Waals surface area contributed by atoms with Crippen molar-refractivity contribution in [2.75, 3.05) is 0 Å². The van der Waals surface area contributed by atoms with Crippen LogP contribution in [0.1, 0.15) is 83.1 Å². The summed E-state index contributed by atoms with van der Waals surface area (Å²) in [7, 11) is -2.46. The smallest absolute Gasteiger partial charge is 0.273 e. The number of hydrogen-bond donors (Lipinski definition) is 2. The van der Waals surface area contributed by atoms with E-state index in [1.54, 1.807) is 0 Å². The molecule has 0 spiro atoms. The molecule has 186 valence electrons. The Morgan fingerprint density at radius 3 is 0.941 bits per heavy atom. The first kappa shape index (κ1) is 28.3. The fourth-order valence-corrected chi connectivity index (χ4v) is 7.74. The highest BCUT2D eigenvalue weighted by Crippen LogP contribution is 2.18. The molecule has 0 aliphatic rings. The van der Waals surface area contributed by atoms with E-state index in [4.69, 9.17) is 9.27 Å². The van der Waals surface area contributed by atoms with Crippen LogP contribution in [0.15, 0.2) is 57.8 Å². The van der Waals surface area contributed by atoms with Gasteiger partial charge in [-0.3, -0.25) is 0 Å². The van der Waals surface area contributed by atoms with E-state index in [2.05, 4.69) is 142 Å². The largest absolute Gasteiger partial charge is 0.399 e. The molecule has 6 heteroatoms. The van der Waals surface area contributed by atoms with Crippen LogP contribution in [-0.2, 0) is 0 Å². The molecular weight excluding hydrogens is 449 g/mol. The van der Waals surface area contributed by atoms with Crippen molar-refractivity contribution < 1.29 is 0 Å². The third-order valence-corrected chi connectivity index (χ3v) is 10.1. The van der Waals surface area contributed by atoms with Gasteiger partial charge in [0.2, 0.25) is 0 Å². The lowest BCUT2D eigenvalue weighted by Gasteiger charge is -2.26. The van der Waals surface area contributed by atoms with Crippen LogP contribution in [0.3, 0.4) is 0 Å². The predicted octanol–water partition coefficient (Wildman–Crippen LogP) is 5.65. The van der Waals surface area contributed by atoms with E-state index in [9.17, 15) is 0 Å². The molecule has 0 aromatic heterocycles. The molecule has 0 heterocycles. The molecule has 2 aromatic rings. The van der Waals surface area contributed by atoms with Crippen molar-refractivity contribution in [1.82, 2.24) is 9.96 Å². The van der Waals surface area contributed by atoms with Gasteiger partial charge >= 0.3 is 0 Å². The summed E-state index contributed by atoms with van der Waals surface area (Å²) in [6.45, 7) is 26.3. The maximum Gasteiger partial charge on any atom is 0.273 e. The first-order valence-electron chi connectivity index (χ1n) is 12.3. The molecule has 0 saturated heterocycles. The van der Waals surface area contributed by atoms with E-state index in [0.717, 1.165) is 0 Å². The Balaban J connectivity index is 2.36. The number of nitrogens with zero attached hydrogens (tertiary/aromatic N) is 2. The lowest BCUT2D eigenvalue weighted by molar-refractivity contribution is 0.514. The van der Waals surface area contributed by atoms with Crippen molar-refractivity contribution >= 4 is 27.9 Å². The summed E-state index contributed by atoms with van der Waals surface area (Å²) in [5.41, 5.74) is 2.37. The van der Waals surface area contributed by atoms with E-state index in [1.165, 1.54) is 21.5 Å². The van der Waals surface area contributed by atoms with Gasteiger partial charge in [-0.25, -0.2) is 0 Å². The third-order valence-electron chi connectivity index (χ3n) is 4.53. The summed E-state index contributed by atoms with van der Waals surface area (Å²) >= 11 is 0. The molecule has 0 fully saturated rings. The van der Waals surface area contributed by atoms with Gasteiger partial charge in [0.1, 0.15) is 0 Å². The topological polar surface area (TPSA) is 48.8 Å².